The van der Waals surface area contributed by atoms with Crippen LogP contribution in [-0.2, 0) is 25.6 Å². The van der Waals surface area contributed by atoms with Crippen LogP contribution in [0.1, 0.15) is 30.0 Å². The van der Waals surface area contributed by atoms with Gasteiger partial charge >= 0.3 is 0 Å². The number of nitrogens with zero attached hydrogens (tertiary/aromatic N) is 2. The highest BCUT2D eigenvalue weighted by atomic mass is 32.2. The fourth-order valence-electron chi connectivity index (χ4n) is 4.11. The molecule has 1 aromatic heterocycles. The first-order valence-corrected chi connectivity index (χ1v) is 14.8. The summed E-state index contributed by atoms with van der Waals surface area (Å²) in [7, 11) is -2.26. The first kappa shape index (κ1) is 30.5. The van der Waals surface area contributed by atoms with Gasteiger partial charge in [0.05, 0.1) is 31.8 Å². The molecule has 1 heterocycles. The number of ether oxygens (including phenoxy) is 3. The lowest BCUT2D eigenvalue weighted by Crippen LogP contribution is -2.28. The number of hydrogen-bond acceptors (Lipinski definition) is 8. The Morgan fingerprint density at radius 3 is 2.26 bits per heavy atom. The van der Waals surface area contributed by atoms with Gasteiger partial charge in [0, 0.05) is 25.1 Å². The van der Waals surface area contributed by atoms with E-state index in [2.05, 4.69) is 4.98 Å². The van der Waals surface area contributed by atoms with Gasteiger partial charge in [0.25, 0.3) is 10.1 Å². The first-order valence-electron chi connectivity index (χ1n) is 13.4. The molecular weight excluding hydrogens is 556 g/mol. The van der Waals surface area contributed by atoms with E-state index in [1.54, 1.807) is 66.7 Å². The number of anilines is 1. The van der Waals surface area contributed by atoms with Crippen molar-refractivity contribution in [2.75, 3.05) is 25.2 Å². The number of aromatic nitrogens is 1. The Labute approximate surface area is 246 Å². The zero-order chi connectivity index (χ0) is 30.1. The Balaban J connectivity index is 1.44. The maximum absolute atomic E-state index is 12.9. The van der Waals surface area contributed by atoms with Crippen molar-refractivity contribution in [1.82, 2.24) is 4.98 Å². The number of carbonyl (C=O) groups is 1. The van der Waals surface area contributed by atoms with Crippen LogP contribution in [0.15, 0.2) is 90.0 Å². The largest absolute Gasteiger partial charge is 0.497 e. The number of amides is 1. The van der Waals surface area contributed by atoms with E-state index in [-0.39, 0.29) is 36.4 Å². The number of methoxy groups -OCH3 is 1. The molecule has 0 saturated carbocycles. The van der Waals surface area contributed by atoms with Gasteiger partial charge in [0.1, 0.15) is 22.9 Å². The molecule has 0 radical (unpaired) electrons. The van der Waals surface area contributed by atoms with Crippen LogP contribution in [0.5, 0.6) is 23.1 Å². The summed E-state index contributed by atoms with van der Waals surface area (Å²) in [6, 6.07) is 22.8. The summed E-state index contributed by atoms with van der Waals surface area (Å²) >= 11 is 0. The Morgan fingerprint density at radius 2 is 1.57 bits per heavy atom. The zero-order valence-corrected chi connectivity index (χ0v) is 24.9. The summed E-state index contributed by atoms with van der Waals surface area (Å²) in [5.74, 6) is 1.89. The second-order valence-electron chi connectivity index (χ2n) is 9.61. The fourth-order valence-corrected chi connectivity index (χ4v) is 5.06. The predicted molar refractivity (Wildman–Crippen MR) is 160 cm³/mol. The van der Waals surface area contributed by atoms with Gasteiger partial charge in [0.15, 0.2) is 0 Å². The third-order valence-corrected chi connectivity index (χ3v) is 7.66. The Kier molecular flexibility index (Phi) is 10.2. The van der Waals surface area contributed by atoms with Gasteiger partial charge in [-0.2, -0.15) is 8.42 Å². The normalized spacial score (nSPS) is 11.1. The standard InChI is InChI=1S/C32H34N2O7S/c1-23-8-15-29(16-9-23)42(36,37)40-20-6-19-39-31-17-10-24(2)21-26(31)22-34(25(3)35)30-7-5-18-33-32(30)41-28-13-11-27(38-4)12-14-28/h5,7-18,21H,6,19-20,22H2,1-4H3. The highest BCUT2D eigenvalue weighted by Crippen LogP contribution is 2.33. The average Bonchev–Trinajstić information content (AvgIpc) is 2.97. The van der Waals surface area contributed by atoms with E-state index in [0.29, 0.717) is 29.4 Å². The van der Waals surface area contributed by atoms with Crippen LogP contribution >= 0.6 is 0 Å². The van der Waals surface area contributed by atoms with Crippen molar-refractivity contribution in [3.8, 4) is 23.1 Å². The minimum Gasteiger partial charge on any atom is -0.497 e. The van der Waals surface area contributed by atoms with Gasteiger partial charge in [0.2, 0.25) is 11.8 Å². The molecule has 0 N–H and O–H groups in total. The van der Waals surface area contributed by atoms with Gasteiger partial charge in [-0.1, -0.05) is 35.4 Å². The summed E-state index contributed by atoms with van der Waals surface area (Å²) in [5, 5.41) is 0. The van der Waals surface area contributed by atoms with Crippen LogP contribution < -0.4 is 19.1 Å². The number of rotatable bonds is 13. The molecule has 4 rings (SSSR count). The van der Waals surface area contributed by atoms with E-state index in [0.717, 1.165) is 16.7 Å². The van der Waals surface area contributed by atoms with Gasteiger partial charge in [-0.15, -0.1) is 0 Å². The molecule has 0 saturated heterocycles. The molecule has 4 aromatic rings. The van der Waals surface area contributed by atoms with Crippen molar-refractivity contribution in [3.63, 3.8) is 0 Å². The monoisotopic (exact) mass is 590 g/mol. The molecule has 220 valence electrons. The minimum absolute atomic E-state index is 0.0290. The summed E-state index contributed by atoms with van der Waals surface area (Å²) in [6.07, 6.45) is 1.94. The van der Waals surface area contributed by atoms with Crippen LogP contribution in [0, 0.1) is 13.8 Å². The highest BCUT2D eigenvalue weighted by Gasteiger charge is 2.21. The van der Waals surface area contributed by atoms with E-state index < -0.39 is 10.1 Å². The van der Waals surface area contributed by atoms with Gasteiger partial charge in [-0.25, -0.2) is 4.98 Å². The van der Waals surface area contributed by atoms with E-state index in [1.807, 2.05) is 32.0 Å². The van der Waals surface area contributed by atoms with Crippen molar-refractivity contribution >= 4 is 21.7 Å². The molecule has 0 aliphatic heterocycles. The molecule has 0 aliphatic carbocycles. The van der Waals surface area contributed by atoms with Crippen molar-refractivity contribution in [1.29, 1.82) is 0 Å². The molecule has 0 fully saturated rings. The number of benzene rings is 3. The van der Waals surface area contributed by atoms with Crippen molar-refractivity contribution in [3.05, 3.63) is 102 Å². The predicted octanol–water partition coefficient (Wildman–Crippen LogP) is 6.23. The Hall–Kier alpha value is -4.41. The molecule has 1 amide bonds. The molecule has 10 heteroatoms. The molecule has 42 heavy (non-hydrogen) atoms. The fraction of sp³-hybridized carbons (Fsp3) is 0.250. The number of carbonyl (C=O) groups excluding carboxylic acids is 1. The number of aryl methyl sites for hydroxylation is 2. The van der Waals surface area contributed by atoms with Gasteiger partial charge in [-0.05, 0) is 68.4 Å². The topological polar surface area (TPSA) is 104 Å². The molecular formula is C32H34N2O7S. The lowest BCUT2D eigenvalue weighted by Gasteiger charge is -2.24. The quantitative estimate of drug-likeness (QED) is 0.133. The van der Waals surface area contributed by atoms with Crippen LogP contribution in [0.3, 0.4) is 0 Å². The van der Waals surface area contributed by atoms with Crippen molar-refractivity contribution < 1.29 is 31.6 Å². The summed E-state index contributed by atoms with van der Waals surface area (Å²) in [4.78, 5) is 18.9. The zero-order valence-electron chi connectivity index (χ0n) is 24.1. The number of pyridine rings is 1. The van der Waals surface area contributed by atoms with Crippen molar-refractivity contribution in [2.45, 2.75) is 38.6 Å². The maximum atomic E-state index is 12.9. The highest BCUT2D eigenvalue weighted by molar-refractivity contribution is 7.86. The SMILES string of the molecule is COc1ccc(Oc2ncccc2N(Cc2cc(C)ccc2OCCCOS(=O)(=O)c2ccc(C)cc2)C(C)=O)cc1. The molecule has 0 atom stereocenters. The van der Waals surface area contributed by atoms with E-state index in [1.165, 1.54) is 19.1 Å². The second-order valence-corrected chi connectivity index (χ2v) is 11.2. The third-order valence-electron chi connectivity index (χ3n) is 6.33. The van der Waals surface area contributed by atoms with E-state index >= 15 is 0 Å². The van der Waals surface area contributed by atoms with Crippen LogP contribution in [-0.4, -0.2) is 39.6 Å². The molecule has 0 aliphatic rings. The minimum atomic E-state index is -3.85. The lowest BCUT2D eigenvalue weighted by atomic mass is 10.1. The Morgan fingerprint density at radius 1 is 0.881 bits per heavy atom. The molecule has 0 unspecified atom stereocenters. The smallest absolute Gasteiger partial charge is 0.296 e. The summed E-state index contributed by atoms with van der Waals surface area (Å²) in [5.41, 5.74) is 3.24. The summed E-state index contributed by atoms with van der Waals surface area (Å²) < 4.78 is 47.3. The lowest BCUT2D eigenvalue weighted by molar-refractivity contribution is -0.116. The van der Waals surface area contributed by atoms with E-state index in [4.69, 9.17) is 18.4 Å². The maximum Gasteiger partial charge on any atom is 0.296 e. The third kappa shape index (κ3) is 8.08. The number of hydrogen-bond donors (Lipinski definition) is 0. The van der Waals surface area contributed by atoms with Crippen LogP contribution in [0.4, 0.5) is 5.69 Å². The van der Waals surface area contributed by atoms with Crippen molar-refractivity contribution in [2.24, 2.45) is 0 Å². The first-order chi connectivity index (χ1) is 20.2. The average molecular weight is 591 g/mol. The molecule has 0 spiro atoms. The molecule has 0 bridgehead atoms. The van der Waals surface area contributed by atoms with Crippen LogP contribution in [0.25, 0.3) is 0 Å². The second kappa shape index (κ2) is 14.0. The van der Waals surface area contributed by atoms with Crippen LogP contribution in [0.2, 0.25) is 0 Å². The molecule has 3 aromatic carbocycles. The van der Waals surface area contributed by atoms with Gasteiger partial charge in [-0.3, -0.25) is 8.98 Å². The van der Waals surface area contributed by atoms with Gasteiger partial charge < -0.3 is 19.1 Å². The Bertz CT molecular complexity index is 1610. The van der Waals surface area contributed by atoms with E-state index in [9.17, 15) is 13.2 Å². The molecule has 9 nitrogen and oxygen atoms in total. The summed E-state index contributed by atoms with van der Waals surface area (Å²) in [6.45, 7) is 5.71.